The fraction of sp³-hybridized carbons (Fsp3) is 0.750. The Balaban J connectivity index is 3.13. The van der Waals surface area contributed by atoms with Crippen LogP contribution in [0.25, 0.3) is 0 Å². The third kappa shape index (κ3) is 2.23. The van der Waals surface area contributed by atoms with Gasteiger partial charge in [-0.1, -0.05) is 27.7 Å². The maximum Gasteiger partial charge on any atom is 0.113 e. The van der Waals surface area contributed by atoms with E-state index in [0.717, 1.165) is 17.8 Å². The van der Waals surface area contributed by atoms with Crippen LogP contribution < -0.4 is 5.73 Å². The second kappa shape index (κ2) is 4.62. The molecule has 0 saturated heterocycles. The third-order valence-electron chi connectivity index (χ3n) is 3.24. The van der Waals surface area contributed by atoms with Gasteiger partial charge in [-0.3, -0.25) is 0 Å². The number of rotatable bonds is 4. The van der Waals surface area contributed by atoms with Crippen LogP contribution in [0.3, 0.4) is 0 Å². The normalized spacial score (nSPS) is 15.7. The highest BCUT2D eigenvalue weighted by Gasteiger charge is 2.32. The van der Waals surface area contributed by atoms with Gasteiger partial charge in [0.25, 0.3) is 0 Å². The molecule has 0 spiro atoms. The van der Waals surface area contributed by atoms with Gasteiger partial charge in [-0.15, -0.1) is 11.3 Å². The van der Waals surface area contributed by atoms with Crippen LogP contribution in [0.1, 0.15) is 49.7 Å². The molecule has 1 aromatic heterocycles. The Kier molecular flexibility index (Phi) is 3.90. The maximum absolute atomic E-state index is 6.45. The van der Waals surface area contributed by atoms with E-state index in [4.69, 9.17) is 5.73 Å². The highest BCUT2D eigenvalue weighted by Crippen LogP contribution is 2.34. The van der Waals surface area contributed by atoms with Crippen molar-refractivity contribution in [1.82, 2.24) is 4.98 Å². The van der Waals surface area contributed by atoms with Crippen molar-refractivity contribution < 1.29 is 0 Å². The minimum Gasteiger partial charge on any atom is -0.319 e. The van der Waals surface area contributed by atoms with Gasteiger partial charge in [0.05, 0.1) is 11.2 Å². The molecule has 0 aliphatic rings. The van der Waals surface area contributed by atoms with Gasteiger partial charge in [0.15, 0.2) is 0 Å². The highest BCUT2D eigenvalue weighted by molar-refractivity contribution is 7.11. The van der Waals surface area contributed by atoms with Gasteiger partial charge in [-0.25, -0.2) is 4.98 Å². The molecule has 2 N–H and O–H groups in total. The summed E-state index contributed by atoms with van der Waals surface area (Å²) >= 11 is 1.76. The van der Waals surface area contributed by atoms with Crippen LogP contribution >= 0.6 is 11.3 Å². The molecule has 3 heteroatoms. The molecule has 1 atom stereocenters. The van der Waals surface area contributed by atoms with Crippen LogP contribution in [0, 0.1) is 12.8 Å². The summed E-state index contributed by atoms with van der Waals surface area (Å²) in [7, 11) is 0. The molecular formula is C12H22N2S. The standard InChI is InChI=1S/C12H22N2S/c1-6-10-9(5)15-11(14-10)12(13,7-2)8(3)4/h8H,6-7,13H2,1-5H3. The lowest BCUT2D eigenvalue weighted by Gasteiger charge is -2.30. The molecule has 15 heavy (non-hydrogen) atoms. The summed E-state index contributed by atoms with van der Waals surface area (Å²) in [6.07, 6.45) is 1.95. The first-order valence-corrected chi connectivity index (χ1v) is 6.53. The van der Waals surface area contributed by atoms with Crippen LogP contribution in [0.2, 0.25) is 0 Å². The summed E-state index contributed by atoms with van der Waals surface area (Å²) in [5.41, 5.74) is 7.41. The molecular weight excluding hydrogens is 204 g/mol. The highest BCUT2D eigenvalue weighted by atomic mass is 32.1. The zero-order chi connectivity index (χ0) is 11.6. The van der Waals surface area contributed by atoms with Gasteiger partial charge in [0.1, 0.15) is 5.01 Å². The van der Waals surface area contributed by atoms with E-state index >= 15 is 0 Å². The number of aromatic nitrogens is 1. The Labute approximate surface area is 96.9 Å². The van der Waals surface area contributed by atoms with E-state index in [1.54, 1.807) is 11.3 Å². The van der Waals surface area contributed by atoms with E-state index in [0.29, 0.717) is 5.92 Å². The molecule has 0 aliphatic carbocycles. The fourth-order valence-corrected chi connectivity index (χ4v) is 3.09. The lowest BCUT2D eigenvalue weighted by Crippen LogP contribution is -2.41. The van der Waals surface area contributed by atoms with Gasteiger partial charge in [0.2, 0.25) is 0 Å². The zero-order valence-electron chi connectivity index (χ0n) is 10.4. The summed E-state index contributed by atoms with van der Waals surface area (Å²) in [5.74, 6) is 0.428. The molecule has 0 radical (unpaired) electrons. The molecule has 0 aromatic carbocycles. The molecule has 0 fully saturated rings. The molecule has 0 aliphatic heterocycles. The molecule has 2 nitrogen and oxygen atoms in total. The number of nitrogens with zero attached hydrogens (tertiary/aromatic N) is 1. The number of hydrogen-bond donors (Lipinski definition) is 1. The second-order valence-corrected chi connectivity index (χ2v) is 5.63. The van der Waals surface area contributed by atoms with Crippen molar-refractivity contribution >= 4 is 11.3 Å². The lowest BCUT2D eigenvalue weighted by atomic mass is 9.85. The van der Waals surface area contributed by atoms with Crippen molar-refractivity contribution in [3.8, 4) is 0 Å². The van der Waals surface area contributed by atoms with Gasteiger partial charge in [-0.05, 0) is 25.7 Å². The minimum absolute atomic E-state index is 0.247. The topological polar surface area (TPSA) is 38.9 Å². The van der Waals surface area contributed by atoms with Crippen molar-refractivity contribution in [2.45, 2.75) is 53.0 Å². The summed E-state index contributed by atoms with van der Waals surface area (Å²) in [6.45, 7) is 10.8. The molecule has 1 heterocycles. The number of aryl methyl sites for hydroxylation is 2. The van der Waals surface area contributed by atoms with Gasteiger partial charge >= 0.3 is 0 Å². The van der Waals surface area contributed by atoms with E-state index in [1.807, 2.05) is 0 Å². The van der Waals surface area contributed by atoms with Gasteiger partial charge in [0, 0.05) is 4.88 Å². The quantitative estimate of drug-likeness (QED) is 0.856. The predicted molar refractivity (Wildman–Crippen MR) is 67.2 cm³/mol. The lowest BCUT2D eigenvalue weighted by molar-refractivity contribution is 0.304. The van der Waals surface area contributed by atoms with E-state index in [1.165, 1.54) is 10.6 Å². The average molecular weight is 226 g/mol. The van der Waals surface area contributed by atoms with E-state index in [-0.39, 0.29) is 5.54 Å². The Morgan fingerprint density at radius 3 is 2.33 bits per heavy atom. The average Bonchev–Trinajstić information content (AvgIpc) is 2.58. The van der Waals surface area contributed by atoms with Crippen molar-refractivity contribution in [1.29, 1.82) is 0 Å². The summed E-state index contributed by atoms with van der Waals surface area (Å²) < 4.78 is 0. The molecule has 86 valence electrons. The third-order valence-corrected chi connectivity index (χ3v) is 4.45. The number of hydrogen-bond acceptors (Lipinski definition) is 3. The van der Waals surface area contributed by atoms with E-state index in [9.17, 15) is 0 Å². The SMILES string of the molecule is CCc1nc(C(N)(CC)C(C)C)sc1C. The van der Waals surface area contributed by atoms with E-state index in [2.05, 4.69) is 39.6 Å². The maximum atomic E-state index is 6.45. The molecule has 1 unspecified atom stereocenters. The van der Waals surface area contributed by atoms with Crippen molar-refractivity contribution in [2.75, 3.05) is 0 Å². The number of thiazole rings is 1. The van der Waals surface area contributed by atoms with Crippen molar-refractivity contribution in [3.05, 3.63) is 15.6 Å². The predicted octanol–water partition coefficient (Wildman–Crippen LogP) is 3.23. The molecule has 1 aromatic rings. The molecule has 1 rings (SSSR count). The first-order chi connectivity index (χ1) is 6.95. The van der Waals surface area contributed by atoms with Crippen LogP contribution in [-0.4, -0.2) is 4.98 Å². The smallest absolute Gasteiger partial charge is 0.113 e. The summed E-state index contributed by atoms with van der Waals surface area (Å²) in [4.78, 5) is 6.00. The second-order valence-electron chi connectivity index (χ2n) is 4.42. The molecule has 0 bridgehead atoms. The minimum atomic E-state index is -0.247. The van der Waals surface area contributed by atoms with Crippen LogP contribution in [0.4, 0.5) is 0 Å². The molecule has 0 saturated carbocycles. The first kappa shape index (κ1) is 12.7. The van der Waals surface area contributed by atoms with Crippen LogP contribution in [-0.2, 0) is 12.0 Å². The Morgan fingerprint density at radius 1 is 1.40 bits per heavy atom. The molecule has 0 amide bonds. The van der Waals surface area contributed by atoms with Gasteiger partial charge < -0.3 is 5.73 Å². The number of nitrogens with two attached hydrogens (primary N) is 1. The largest absolute Gasteiger partial charge is 0.319 e. The fourth-order valence-electron chi connectivity index (χ4n) is 1.76. The Morgan fingerprint density at radius 2 is 2.00 bits per heavy atom. The summed E-state index contributed by atoms with van der Waals surface area (Å²) in [5, 5.41) is 1.11. The van der Waals surface area contributed by atoms with Crippen molar-refractivity contribution in [3.63, 3.8) is 0 Å². The van der Waals surface area contributed by atoms with E-state index < -0.39 is 0 Å². The first-order valence-electron chi connectivity index (χ1n) is 5.71. The monoisotopic (exact) mass is 226 g/mol. The van der Waals surface area contributed by atoms with Crippen LogP contribution in [0.5, 0.6) is 0 Å². The van der Waals surface area contributed by atoms with Crippen molar-refractivity contribution in [2.24, 2.45) is 11.7 Å². The zero-order valence-corrected chi connectivity index (χ0v) is 11.2. The van der Waals surface area contributed by atoms with Crippen LogP contribution in [0.15, 0.2) is 0 Å². The summed E-state index contributed by atoms with van der Waals surface area (Å²) in [6, 6.07) is 0. The Hall–Kier alpha value is -0.410. The Bertz CT molecular complexity index is 330. The van der Waals surface area contributed by atoms with Gasteiger partial charge in [-0.2, -0.15) is 0 Å².